The highest BCUT2D eigenvalue weighted by Crippen LogP contribution is 2.17. The molecule has 0 saturated heterocycles. The minimum Gasteiger partial charge on any atom is -0.394 e. The van der Waals surface area contributed by atoms with Crippen LogP contribution in [0.2, 0.25) is 0 Å². The van der Waals surface area contributed by atoms with Crippen LogP contribution in [0.3, 0.4) is 0 Å². The highest BCUT2D eigenvalue weighted by Gasteiger charge is 2.26. The van der Waals surface area contributed by atoms with E-state index in [2.05, 4.69) is 55.6 Å². The van der Waals surface area contributed by atoms with Crippen molar-refractivity contribution in [3.05, 3.63) is 36.5 Å². The van der Waals surface area contributed by atoms with E-state index in [9.17, 15) is 20.1 Å². The lowest BCUT2D eigenvalue weighted by Crippen LogP contribution is -2.50. The van der Waals surface area contributed by atoms with Crippen molar-refractivity contribution in [2.75, 3.05) is 6.61 Å². The molecule has 5 nitrogen and oxygen atoms in total. The number of carbonyl (C=O) groups is 1. The summed E-state index contributed by atoms with van der Waals surface area (Å²) in [6, 6.07) is -0.830. The molecule has 0 aromatic heterocycles. The molecule has 0 radical (unpaired) electrons. The SMILES string of the molecule is CCCCC/C=C/CC/C=C/CCCC(O)C(O)C(CO)NC(=O)CCCCCCCCCCCCCCCCCCC/C=C\CCCCCCCCCCCCCC. The third-order valence-electron chi connectivity index (χ3n) is 12.2. The summed E-state index contributed by atoms with van der Waals surface area (Å²) >= 11 is 0. The van der Waals surface area contributed by atoms with Crippen molar-refractivity contribution in [2.45, 2.75) is 295 Å². The molecule has 348 valence electrons. The molecule has 0 rings (SSSR count). The van der Waals surface area contributed by atoms with Crippen LogP contribution in [0.5, 0.6) is 0 Å². The molecule has 3 atom stereocenters. The number of hydrogen-bond acceptors (Lipinski definition) is 4. The zero-order valence-electron chi connectivity index (χ0n) is 39.6. The number of aliphatic hydroxyl groups is 3. The van der Waals surface area contributed by atoms with Crippen molar-refractivity contribution in [1.29, 1.82) is 0 Å². The van der Waals surface area contributed by atoms with Gasteiger partial charge in [0.05, 0.1) is 18.8 Å². The van der Waals surface area contributed by atoms with Crippen LogP contribution in [0.4, 0.5) is 0 Å². The summed E-state index contributed by atoms with van der Waals surface area (Å²) in [6.07, 6.45) is 63.1. The summed E-state index contributed by atoms with van der Waals surface area (Å²) in [6.45, 7) is 4.14. The summed E-state index contributed by atoms with van der Waals surface area (Å²) in [5, 5.41) is 33.5. The molecule has 0 heterocycles. The summed E-state index contributed by atoms with van der Waals surface area (Å²) in [5.41, 5.74) is 0. The fraction of sp³-hybridized carbons (Fsp3) is 0.870. The van der Waals surface area contributed by atoms with E-state index in [-0.39, 0.29) is 12.5 Å². The van der Waals surface area contributed by atoms with E-state index in [0.29, 0.717) is 12.8 Å². The minimum atomic E-state index is -1.16. The van der Waals surface area contributed by atoms with Crippen LogP contribution in [0.1, 0.15) is 277 Å². The first kappa shape index (κ1) is 57.6. The molecule has 0 spiro atoms. The Kier molecular flexibility index (Phi) is 48.0. The molecule has 0 saturated carbocycles. The Morgan fingerprint density at radius 1 is 0.407 bits per heavy atom. The fourth-order valence-electron chi connectivity index (χ4n) is 8.12. The van der Waals surface area contributed by atoms with Gasteiger partial charge in [0.1, 0.15) is 6.10 Å². The average Bonchev–Trinajstić information content (AvgIpc) is 3.24. The summed E-state index contributed by atoms with van der Waals surface area (Å²) in [5.74, 6) is -0.156. The topological polar surface area (TPSA) is 89.8 Å². The van der Waals surface area contributed by atoms with Gasteiger partial charge in [0.25, 0.3) is 0 Å². The van der Waals surface area contributed by atoms with E-state index in [1.54, 1.807) is 0 Å². The normalized spacial score (nSPS) is 13.6. The first-order chi connectivity index (χ1) is 29.1. The standard InChI is InChI=1S/C54H103NO4/c1-3-5-7-9-11-13-15-17-18-19-20-21-22-23-24-25-26-27-28-29-30-31-32-33-34-35-36-37-39-41-43-45-47-49-53(58)55-51(50-56)54(59)52(57)48-46-44-42-40-38-16-14-12-10-8-6-4-2/h12,14,23-24,40,42,51-52,54,56-57,59H,3-11,13,15-22,25-39,41,43-50H2,1-2H3,(H,55,58)/b14-12+,24-23-,42-40+. The van der Waals surface area contributed by atoms with Gasteiger partial charge in [0.2, 0.25) is 5.91 Å². The molecule has 0 bridgehead atoms. The van der Waals surface area contributed by atoms with E-state index in [1.165, 1.54) is 205 Å². The summed E-state index contributed by atoms with van der Waals surface area (Å²) in [7, 11) is 0. The smallest absolute Gasteiger partial charge is 0.220 e. The molecule has 59 heavy (non-hydrogen) atoms. The number of rotatable bonds is 48. The first-order valence-electron chi connectivity index (χ1n) is 26.3. The van der Waals surface area contributed by atoms with Gasteiger partial charge in [-0.15, -0.1) is 0 Å². The molecule has 0 aromatic carbocycles. The van der Waals surface area contributed by atoms with Gasteiger partial charge in [-0.25, -0.2) is 0 Å². The van der Waals surface area contributed by atoms with Gasteiger partial charge in [0.15, 0.2) is 0 Å². The molecule has 0 aliphatic heterocycles. The van der Waals surface area contributed by atoms with E-state index in [4.69, 9.17) is 0 Å². The van der Waals surface area contributed by atoms with Crippen LogP contribution in [0, 0.1) is 0 Å². The lowest BCUT2D eigenvalue weighted by atomic mass is 10.0. The molecule has 0 aliphatic carbocycles. The van der Waals surface area contributed by atoms with E-state index in [0.717, 1.165) is 44.9 Å². The Labute approximate surface area is 368 Å². The first-order valence-corrected chi connectivity index (χ1v) is 26.3. The number of carbonyl (C=O) groups excluding carboxylic acids is 1. The highest BCUT2D eigenvalue weighted by molar-refractivity contribution is 5.76. The second-order valence-corrected chi connectivity index (χ2v) is 18.1. The molecular formula is C54H103NO4. The number of aliphatic hydroxyl groups excluding tert-OH is 3. The van der Waals surface area contributed by atoms with Crippen LogP contribution in [-0.4, -0.2) is 46.1 Å². The molecule has 4 N–H and O–H groups in total. The van der Waals surface area contributed by atoms with E-state index in [1.807, 2.05) is 0 Å². The highest BCUT2D eigenvalue weighted by atomic mass is 16.3. The Balaban J connectivity index is 3.49. The van der Waals surface area contributed by atoms with Crippen LogP contribution < -0.4 is 5.32 Å². The minimum absolute atomic E-state index is 0.156. The van der Waals surface area contributed by atoms with Gasteiger partial charge < -0.3 is 20.6 Å². The molecule has 0 fully saturated rings. The number of hydrogen-bond donors (Lipinski definition) is 4. The van der Waals surface area contributed by atoms with Crippen molar-refractivity contribution in [1.82, 2.24) is 5.32 Å². The van der Waals surface area contributed by atoms with Crippen molar-refractivity contribution in [3.8, 4) is 0 Å². The number of amides is 1. The molecule has 1 amide bonds. The second-order valence-electron chi connectivity index (χ2n) is 18.1. The predicted octanol–water partition coefficient (Wildman–Crippen LogP) is 15.9. The van der Waals surface area contributed by atoms with Gasteiger partial charge in [-0.3, -0.25) is 4.79 Å². The third-order valence-corrected chi connectivity index (χ3v) is 12.2. The van der Waals surface area contributed by atoms with Crippen molar-refractivity contribution < 1.29 is 20.1 Å². The molecule has 5 heteroatoms. The quantitative estimate of drug-likeness (QED) is 0.0363. The van der Waals surface area contributed by atoms with E-state index < -0.39 is 18.2 Å². The maximum absolute atomic E-state index is 12.5. The average molecular weight is 830 g/mol. The molecule has 0 aliphatic rings. The van der Waals surface area contributed by atoms with Gasteiger partial charge in [-0.05, 0) is 77.0 Å². The zero-order chi connectivity index (χ0) is 43.0. The van der Waals surface area contributed by atoms with Crippen LogP contribution in [-0.2, 0) is 4.79 Å². The Morgan fingerprint density at radius 3 is 1.07 bits per heavy atom. The van der Waals surface area contributed by atoms with Crippen molar-refractivity contribution >= 4 is 5.91 Å². The zero-order valence-corrected chi connectivity index (χ0v) is 39.6. The maximum atomic E-state index is 12.5. The van der Waals surface area contributed by atoms with Crippen LogP contribution in [0.15, 0.2) is 36.5 Å². The summed E-state index contributed by atoms with van der Waals surface area (Å²) < 4.78 is 0. The fourth-order valence-corrected chi connectivity index (χ4v) is 8.12. The summed E-state index contributed by atoms with van der Waals surface area (Å²) in [4.78, 5) is 12.5. The monoisotopic (exact) mass is 830 g/mol. The van der Waals surface area contributed by atoms with Crippen molar-refractivity contribution in [2.24, 2.45) is 0 Å². The number of allylic oxidation sites excluding steroid dienone is 6. The predicted molar refractivity (Wildman–Crippen MR) is 259 cm³/mol. The van der Waals surface area contributed by atoms with Crippen LogP contribution >= 0.6 is 0 Å². The Morgan fingerprint density at radius 2 is 0.695 bits per heavy atom. The van der Waals surface area contributed by atoms with Crippen molar-refractivity contribution in [3.63, 3.8) is 0 Å². The third kappa shape index (κ3) is 44.4. The van der Waals surface area contributed by atoms with Gasteiger partial charge in [-0.2, -0.15) is 0 Å². The van der Waals surface area contributed by atoms with Crippen LogP contribution in [0.25, 0.3) is 0 Å². The Bertz CT molecular complexity index is 916. The maximum Gasteiger partial charge on any atom is 0.220 e. The van der Waals surface area contributed by atoms with Gasteiger partial charge >= 0.3 is 0 Å². The molecule has 3 unspecified atom stereocenters. The number of unbranched alkanes of at least 4 members (excludes halogenated alkanes) is 34. The number of nitrogens with one attached hydrogen (secondary N) is 1. The van der Waals surface area contributed by atoms with Gasteiger partial charge in [0, 0.05) is 6.42 Å². The molecular weight excluding hydrogens is 727 g/mol. The Hall–Kier alpha value is -1.43. The van der Waals surface area contributed by atoms with E-state index >= 15 is 0 Å². The largest absolute Gasteiger partial charge is 0.394 e. The lowest BCUT2D eigenvalue weighted by Gasteiger charge is -2.26. The second kappa shape index (κ2) is 49.2. The van der Waals surface area contributed by atoms with Gasteiger partial charge in [-0.1, -0.05) is 230 Å². The molecule has 0 aromatic rings. The lowest BCUT2D eigenvalue weighted by molar-refractivity contribution is -0.124.